The topological polar surface area (TPSA) is 54.0 Å². The van der Waals surface area contributed by atoms with Crippen molar-refractivity contribution < 1.29 is 14.6 Å². The predicted molar refractivity (Wildman–Crippen MR) is 109 cm³/mol. The third-order valence-corrected chi connectivity index (χ3v) is 5.30. The number of nitrogens with one attached hydrogen (secondary N) is 1. The molecule has 0 radical (unpaired) electrons. The van der Waals surface area contributed by atoms with Crippen LogP contribution in [0.15, 0.2) is 18.2 Å². The van der Waals surface area contributed by atoms with Gasteiger partial charge in [0.05, 0.1) is 7.11 Å². The van der Waals surface area contributed by atoms with E-state index in [4.69, 9.17) is 9.47 Å². The standard InChI is InChI=1S/C20H34N2O3S/c1-24-19-8-7-17(14-21-9-6-12-26-2)13-20(19)25-16-18(23)15-22-10-4-3-5-11-22/h7-8,13,18,21,23H,3-6,9-12,14-16H2,1-2H3. The second-order valence-electron chi connectivity index (χ2n) is 6.83. The number of aliphatic hydroxyl groups excluding tert-OH is 1. The number of piperidine rings is 1. The van der Waals surface area contributed by atoms with Crippen LogP contribution in [0.4, 0.5) is 0 Å². The van der Waals surface area contributed by atoms with E-state index in [0.29, 0.717) is 18.0 Å². The molecule has 6 heteroatoms. The number of nitrogens with zero attached hydrogens (tertiary/aromatic N) is 1. The van der Waals surface area contributed by atoms with Gasteiger partial charge in [0.1, 0.15) is 12.7 Å². The molecule has 1 fully saturated rings. The van der Waals surface area contributed by atoms with Crippen LogP contribution in [-0.2, 0) is 6.54 Å². The van der Waals surface area contributed by atoms with Gasteiger partial charge in [0.25, 0.3) is 0 Å². The van der Waals surface area contributed by atoms with Gasteiger partial charge >= 0.3 is 0 Å². The third kappa shape index (κ3) is 7.74. The van der Waals surface area contributed by atoms with E-state index in [1.807, 2.05) is 23.9 Å². The fourth-order valence-electron chi connectivity index (χ4n) is 3.20. The number of likely N-dealkylation sites (tertiary alicyclic amines) is 1. The number of aliphatic hydroxyl groups is 1. The van der Waals surface area contributed by atoms with Crippen LogP contribution in [0.5, 0.6) is 11.5 Å². The molecule has 0 bridgehead atoms. The van der Waals surface area contributed by atoms with Crippen LogP contribution in [0.3, 0.4) is 0 Å². The van der Waals surface area contributed by atoms with Gasteiger partial charge in [-0.05, 0) is 68.6 Å². The molecule has 1 aliphatic rings. The third-order valence-electron chi connectivity index (χ3n) is 4.61. The average Bonchev–Trinajstić information content (AvgIpc) is 2.67. The first-order valence-electron chi connectivity index (χ1n) is 9.62. The second kappa shape index (κ2) is 12.4. The Morgan fingerprint density at radius 1 is 1.23 bits per heavy atom. The summed E-state index contributed by atoms with van der Waals surface area (Å²) >= 11 is 1.87. The van der Waals surface area contributed by atoms with Crippen LogP contribution >= 0.6 is 11.8 Å². The summed E-state index contributed by atoms with van der Waals surface area (Å²) in [6, 6.07) is 6.00. The molecule has 1 aliphatic heterocycles. The van der Waals surface area contributed by atoms with Gasteiger partial charge in [-0.2, -0.15) is 11.8 Å². The number of ether oxygens (including phenoxy) is 2. The van der Waals surface area contributed by atoms with E-state index >= 15 is 0 Å². The molecule has 1 unspecified atom stereocenters. The molecule has 1 atom stereocenters. The van der Waals surface area contributed by atoms with Gasteiger partial charge in [0.2, 0.25) is 0 Å². The van der Waals surface area contributed by atoms with Gasteiger partial charge < -0.3 is 24.8 Å². The maximum Gasteiger partial charge on any atom is 0.161 e. The molecule has 0 saturated carbocycles. The molecule has 0 spiro atoms. The SMILES string of the molecule is COc1ccc(CNCCCSC)cc1OCC(O)CN1CCCCC1. The highest BCUT2D eigenvalue weighted by Gasteiger charge is 2.16. The lowest BCUT2D eigenvalue weighted by Gasteiger charge is -2.28. The molecule has 2 N–H and O–H groups in total. The molecule has 148 valence electrons. The highest BCUT2D eigenvalue weighted by atomic mass is 32.2. The van der Waals surface area contributed by atoms with Gasteiger partial charge in [-0.15, -0.1) is 0 Å². The monoisotopic (exact) mass is 382 g/mol. The summed E-state index contributed by atoms with van der Waals surface area (Å²) in [7, 11) is 1.65. The minimum atomic E-state index is -0.480. The number of benzene rings is 1. The molecule has 0 aliphatic carbocycles. The molecule has 2 rings (SSSR count). The predicted octanol–water partition coefficient (Wildman–Crippen LogP) is 2.76. The van der Waals surface area contributed by atoms with Crippen LogP contribution in [-0.4, -0.2) is 68.0 Å². The van der Waals surface area contributed by atoms with Crippen molar-refractivity contribution in [3.63, 3.8) is 0 Å². The average molecular weight is 383 g/mol. The molecule has 1 heterocycles. The lowest BCUT2D eigenvalue weighted by atomic mass is 10.1. The van der Waals surface area contributed by atoms with Crippen LogP contribution in [0, 0.1) is 0 Å². The summed E-state index contributed by atoms with van der Waals surface area (Å²) in [6.07, 6.45) is 6.58. The van der Waals surface area contributed by atoms with Gasteiger partial charge in [0, 0.05) is 13.1 Å². The Kier molecular flexibility index (Phi) is 10.2. The minimum absolute atomic E-state index is 0.289. The summed E-state index contributed by atoms with van der Waals surface area (Å²) in [5.74, 6) is 2.59. The zero-order valence-electron chi connectivity index (χ0n) is 16.2. The largest absolute Gasteiger partial charge is 0.493 e. The summed E-state index contributed by atoms with van der Waals surface area (Å²) in [5, 5.41) is 13.8. The highest BCUT2D eigenvalue weighted by molar-refractivity contribution is 7.98. The van der Waals surface area contributed by atoms with Crippen LogP contribution in [0.25, 0.3) is 0 Å². The van der Waals surface area contributed by atoms with E-state index in [9.17, 15) is 5.11 Å². The maximum absolute atomic E-state index is 10.3. The molecule has 1 aromatic rings. The summed E-state index contributed by atoms with van der Waals surface area (Å²) in [4.78, 5) is 2.32. The lowest BCUT2D eigenvalue weighted by molar-refractivity contribution is 0.0608. The first-order chi connectivity index (χ1) is 12.7. The van der Waals surface area contributed by atoms with Crippen molar-refractivity contribution in [1.29, 1.82) is 0 Å². The number of β-amino-alcohol motifs (C(OH)–C–C–N with tert-alkyl or cyclic N) is 1. The van der Waals surface area contributed by atoms with Crippen molar-refractivity contribution in [2.45, 2.75) is 38.3 Å². The van der Waals surface area contributed by atoms with Crippen LogP contribution in [0.2, 0.25) is 0 Å². The normalized spacial score (nSPS) is 16.4. The Balaban J connectivity index is 1.80. The molecular weight excluding hydrogens is 348 g/mol. The van der Waals surface area contributed by atoms with E-state index in [1.54, 1.807) is 7.11 Å². The lowest BCUT2D eigenvalue weighted by Crippen LogP contribution is -2.38. The second-order valence-corrected chi connectivity index (χ2v) is 7.82. The van der Waals surface area contributed by atoms with E-state index in [2.05, 4.69) is 22.5 Å². The fourth-order valence-corrected chi connectivity index (χ4v) is 3.63. The van der Waals surface area contributed by atoms with E-state index in [-0.39, 0.29) is 6.61 Å². The minimum Gasteiger partial charge on any atom is -0.493 e. The van der Waals surface area contributed by atoms with E-state index < -0.39 is 6.10 Å². The first kappa shape index (κ1) is 21.4. The molecular formula is C20H34N2O3S. The maximum atomic E-state index is 10.3. The number of methoxy groups -OCH3 is 1. The fraction of sp³-hybridized carbons (Fsp3) is 0.700. The molecule has 0 amide bonds. The highest BCUT2D eigenvalue weighted by Crippen LogP contribution is 2.28. The number of rotatable bonds is 12. The van der Waals surface area contributed by atoms with E-state index in [1.165, 1.54) is 31.4 Å². The summed E-state index contributed by atoms with van der Waals surface area (Å²) in [6.45, 7) is 4.95. The quantitative estimate of drug-likeness (QED) is 0.542. The van der Waals surface area contributed by atoms with Crippen molar-refractivity contribution in [3.8, 4) is 11.5 Å². The van der Waals surface area contributed by atoms with Gasteiger partial charge in [-0.25, -0.2) is 0 Å². The van der Waals surface area contributed by atoms with Gasteiger partial charge in [-0.1, -0.05) is 12.5 Å². The van der Waals surface area contributed by atoms with Gasteiger partial charge in [-0.3, -0.25) is 0 Å². The number of hydrogen-bond acceptors (Lipinski definition) is 6. The number of hydrogen-bond donors (Lipinski definition) is 2. The van der Waals surface area contributed by atoms with E-state index in [0.717, 1.165) is 31.7 Å². The molecule has 26 heavy (non-hydrogen) atoms. The Labute approximate surface area is 162 Å². The first-order valence-corrected chi connectivity index (χ1v) is 11.0. The summed E-state index contributed by atoms with van der Waals surface area (Å²) < 4.78 is 11.3. The Morgan fingerprint density at radius 2 is 2.04 bits per heavy atom. The van der Waals surface area contributed by atoms with Gasteiger partial charge in [0.15, 0.2) is 11.5 Å². The zero-order chi connectivity index (χ0) is 18.6. The number of thioether (sulfide) groups is 1. The molecule has 5 nitrogen and oxygen atoms in total. The van der Waals surface area contributed by atoms with Crippen molar-refractivity contribution in [3.05, 3.63) is 23.8 Å². The molecule has 0 aromatic heterocycles. The van der Waals surface area contributed by atoms with Crippen molar-refractivity contribution in [1.82, 2.24) is 10.2 Å². The molecule has 1 saturated heterocycles. The van der Waals surface area contributed by atoms with Crippen LogP contribution < -0.4 is 14.8 Å². The Morgan fingerprint density at radius 3 is 2.77 bits per heavy atom. The smallest absolute Gasteiger partial charge is 0.161 e. The van der Waals surface area contributed by atoms with Crippen LogP contribution in [0.1, 0.15) is 31.2 Å². The Bertz CT molecular complexity index is 510. The van der Waals surface area contributed by atoms with Crippen molar-refractivity contribution in [2.75, 3.05) is 51.9 Å². The Hall–Kier alpha value is -0.950. The molecule has 1 aromatic carbocycles. The van der Waals surface area contributed by atoms with Crippen molar-refractivity contribution in [2.24, 2.45) is 0 Å². The zero-order valence-corrected chi connectivity index (χ0v) is 17.0. The van der Waals surface area contributed by atoms with Crippen molar-refractivity contribution >= 4 is 11.8 Å². The summed E-state index contributed by atoms with van der Waals surface area (Å²) in [5.41, 5.74) is 1.16.